The normalized spacial score (nSPS) is 10.2. The van der Waals surface area contributed by atoms with E-state index in [1.165, 1.54) is 6.07 Å². The van der Waals surface area contributed by atoms with Crippen LogP contribution in [0.1, 0.15) is 20.7 Å². The van der Waals surface area contributed by atoms with Crippen LogP contribution < -0.4 is 5.32 Å². The Morgan fingerprint density at radius 3 is 2.62 bits per heavy atom. The van der Waals surface area contributed by atoms with Crippen molar-refractivity contribution < 1.29 is 19.1 Å². The minimum absolute atomic E-state index is 0.132. The third-order valence-electron chi connectivity index (χ3n) is 2.66. The quantitative estimate of drug-likeness (QED) is 0.849. The van der Waals surface area contributed by atoms with Crippen LogP contribution in [0.4, 0.5) is 10.1 Å². The van der Waals surface area contributed by atoms with Gasteiger partial charge in [0, 0.05) is 4.47 Å². The van der Waals surface area contributed by atoms with Crippen molar-refractivity contribution in [2.75, 3.05) is 5.32 Å². The molecule has 0 saturated carbocycles. The van der Waals surface area contributed by atoms with Crippen LogP contribution in [0, 0.1) is 5.82 Å². The molecule has 0 heterocycles. The molecule has 2 rings (SSSR count). The topological polar surface area (TPSA) is 66.4 Å². The highest BCUT2D eigenvalue weighted by atomic mass is 79.9. The number of nitrogens with one attached hydrogen (secondary N) is 1. The van der Waals surface area contributed by atoms with Gasteiger partial charge in [-0.15, -0.1) is 0 Å². The number of hydrogen-bond acceptors (Lipinski definition) is 2. The fourth-order valence-electron chi connectivity index (χ4n) is 1.62. The molecule has 2 aromatic carbocycles. The molecular weight excluding hydrogens is 365 g/mol. The summed E-state index contributed by atoms with van der Waals surface area (Å²) in [5.74, 6) is -2.59. The van der Waals surface area contributed by atoms with Crippen LogP contribution in [0.5, 0.6) is 0 Å². The van der Waals surface area contributed by atoms with Gasteiger partial charge in [-0.3, -0.25) is 4.79 Å². The van der Waals surface area contributed by atoms with Gasteiger partial charge in [0.2, 0.25) is 0 Å². The maximum absolute atomic E-state index is 13.6. The van der Waals surface area contributed by atoms with E-state index in [4.69, 9.17) is 16.7 Å². The Hall–Kier alpha value is -1.92. The number of halogens is 3. The molecule has 0 aliphatic carbocycles. The van der Waals surface area contributed by atoms with E-state index in [1.807, 2.05) is 0 Å². The highest BCUT2D eigenvalue weighted by Crippen LogP contribution is 2.27. The van der Waals surface area contributed by atoms with Gasteiger partial charge >= 0.3 is 5.97 Å². The molecule has 0 atom stereocenters. The number of carboxylic acids is 1. The van der Waals surface area contributed by atoms with Gasteiger partial charge in [-0.1, -0.05) is 17.7 Å². The van der Waals surface area contributed by atoms with Crippen molar-refractivity contribution >= 4 is 45.1 Å². The summed E-state index contributed by atoms with van der Waals surface area (Å²) in [5.41, 5.74) is -0.214. The van der Waals surface area contributed by atoms with E-state index in [0.717, 1.165) is 18.2 Å². The number of rotatable bonds is 3. The number of aromatic carboxylic acids is 1. The Kier molecular flexibility index (Phi) is 4.59. The summed E-state index contributed by atoms with van der Waals surface area (Å²) in [6.45, 7) is 0. The maximum atomic E-state index is 13.6. The van der Waals surface area contributed by atoms with Gasteiger partial charge in [0.15, 0.2) is 0 Å². The van der Waals surface area contributed by atoms with E-state index in [-0.39, 0.29) is 21.8 Å². The third-order valence-corrected chi connectivity index (χ3v) is 3.95. The van der Waals surface area contributed by atoms with Crippen LogP contribution in [0.15, 0.2) is 40.9 Å². The van der Waals surface area contributed by atoms with Gasteiger partial charge in [-0.2, -0.15) is 0 Å². The van der Waals surface area contributed by atoms with Gasteiger partial charge in [-0.05, 0) is 46.3 Å². The number of benzene rings is 2. The van der Waals surface area contributed by atoms with E-state index in [0.29, 0.717) is 4.47 Å². The molecule has 0 radical (unpaired) electrons. The second-order valence-electron chi connectivity index (χ2n) is 4.06. The molecular formula is C14H8BrClFNO3. The number of carbonyl (C=O) groups is 2. The predicted octanol–water partition coefficient (Wildman–Crippen LogP) is 4.19. The Morgan fingerprint density at radius 1 is 1.24 bits per heavy atom. The highest BCUT2D eigenvalue weighted by Gasteiger charge is 2.15. The summed E-state index contributed by atoms with van der Waals surface area (Å²) in [6, 6.07) is 7.86. The fourth-order valence-corrected chi connectivity index (χ4v) is 2.20. The molecule has 1 amide bonds. The van der Waals surface area contributed by atoms with Crippen molar-refractivity contribution in [3.63, 3.8) is 0 Å². The van der Waals surface area contributed by atoms with Crippen molar-refractivity contribution in [2.24, 2.45) is 0 Å². The second kappa shape index (κ2) is 6.24. The summed E-state index contributed by atoms with van der Waals surface area (Å²) < 4.78 is 14.2. The van der Waals surface area contributed by atoms with Gasteiger partial charge < -0.3 is 10.4 Å². The fraction of sp³-hybridized carbons (Fsp3) is 0. The summed E-state index contributed by atoms with van der Waals surface area (Å²) in [7, 11) is 0. The van der Waals surface area contributed by atoms with Crippen LogP contribution in [0.3, 0.4) is 0 Å². The van der Waals surface area contributed by atoms with Crippen molar-refractivity contribution in [3.8, 4) is 0 Å². The van der Waals surface area contributed by atoms with Gasteiger partial charge in [0.05, 0.1) is 21.8 Å². The molecule has 4 nitrogen and oxygen atoms in total. The molecule has 0 saturated heterocycles. The molecule has 2 N–H and O–H groups in total. The molecule has 0 aliphatic rings. The zero-order chi connectivity index (χ0) is 15.6. The molecule has 0 aromatic heterocycles. The number of hydrogen-bond donors (Lipinski definition) is 2. The van der Waals surface area contributed by atoms with Crippen molar-refractivity contribution in [2.45, 2.75) is 0 Å². The molecule has 0 spiro atoms. The van der Waals surface area contributed by atoms with Crippen molar-refractivity contribution in [3.05, 3.63) is 62.8 Å². The highest BCUT2D eigenvalue weighted by molar-refractivity contribution is 9.10. The van der Waals surface area contributed by atoms with E-state index in [9.17, 15) is 14.0 Å². The van der Waals surface area contributed by atoms with Crippen LogP contribution in [0.25, 0.3) is 0 Å². The zero-order valence-electron chi connectivity index (χ0n) is 10.4. The lowest BCUT2D eigenvalue weighted by Gasteiger charge is -2.09. The largest absolute Gasteiger partial charge is 0.478 e. The van der Waals surface area contributed by atoms with Crippen LogP contribution in [0.2, 0.25) is 5.02 Å². The van der Waals surface area contributed by atoms with E-state index in [2.05, 4.69) is 21.2 Å². The van der Waals surface area contributed by atoms with Crippen molar-refractivity contribution in [1.82, 2.24) is 0 Å². The number of carboxylic acid groups (broad SMARTS) is 1. The second-order valence-corrected chi connectivity index (χ2v) is 5.29. The Morgan fingerprint density at radius 2 is 1.95 bits per heavy atom. The summed E-state index contributed by atoms with van der Waals surface area (Å²) in [5, 5.41) is 11.4. The average molecular weight is 373 g/mol. The van der Waals surface area contributed by atoms with Crippen LogP contribution >= 0.6 is 27.5 Å². The lowest BCUT2D eigenvalue weighted by atomic mass is 10.1. The lowest BCUT2D eigenvalue weighted by Crippen LogP contribution is -2.14. The molecule has 0 bridgehead atoms. The lowest BCUT2D eigenvalue weighted by molar-refractivity contribution is 0.0696. The van der Waals surface area contributed by atoms with Gasteiger partial charge in [0.25, 0.3) is 5.91 Å². The van der Waals surface area contributed by atoms with E-state index in [1.54, 1.807) is 12.1 Å². The first-order valence-electron chi connectivity index (χ1n) is 5.68. The van der Waals surface area contributed by atoms with Gasteiger partial charge in [0.1, 0.15) is 5.82 Å². The maximum Gasteiger partial charge on any atom is 0.335 e. The average Bonchev–Trinajstić information content (AvgIpc) is 2.43. The minimum Gasteiger partial charge on any atom is -0.478 e. The molecule has 108 valence electrons. The van der Waals surface area contributed by atoms with Crippen LogP contribution in [-0.2, 0) is 0 Å². The third kappa shape index (κ3) is 3.40. The van der Waals surface area contributed by atoms with Crippen molar-refractivity contribution in [1.29, 1.82) is 0 Å². The molecule has 7 heteroatoms. The molecule has 0 aliphatic heterocycles. The van der Waals surface area contributed by atoms with Gasteiger partial charge in [-0.25, -0.2) is 9.18 Å². The Balaban J connectivity index is 2.33. The summed E-state index contributed by atoms with van der Waals surface area (Å²) in [6.07, 6.45) is 0. The summed E-state index contributed by atoms with van der Waals surface area (Å²) >= 11 is 9.16. The first-order chi connectivity index (χ1) is 9.90. The molecule has 21 heavy (non-hydrogen) atoms. The minimum atomic E-state index is -1.22. The Labute approximate surface area is 132 Å². The predicted molar refractivity (Wildman–Crippen MR) is 80.5 cm³/mol. The monoisotopic (exact) mass is 371 g/mol. The molecule has 0 fully saturated rings. The smallest absolute Gasteiger partial charge is 0.335 e. The number of amides is 1. The number of carbonyl (C=O) groups excluding carboxylic acids is 1. The molecule has 0 unspecified atom stereocenters. The first-order valence-corrected chi connectivity index (χ1v) is 6.85. The standard InChI is InChI=1S/C14H8BrClFNO3/c15-9-3-1-2-8(12(9)16)13(19)18-11-6-7(14(20)21)4-5-10(11)17/h1-6H,(H,18,19)(H,20,21). The SMILES string of the molecule is O=C(O)c1ccc(F)c(NC(=O)c2cccc(Br)c2Cl)c1. The summed E-state index contributed by atoms with van der Waals surface area (Å²) in [4.78, 5) is 22.9. The zero-order valence-corrected chi connectivity index (χ0v) is 12.7. The van der Waals surface area contributed by atoms with Crippen LogP contribution in [-0.4, -0.2) is 17.0 Å². The first kappa shape index (κ1) is 15.5. The number of anilines is 1. The van der Waals surface area contributed by atoms with E-state index >= 15 is 0 Å². The molecule has 2 aromatic rings. The Bertz CT molecular complexity index is 736. The van der Waals surface area contributed by atoms with E-state index < -0.39 is 17.7 Å².